The Labute approximate surface area is 239 Å². The van der Waals surface area contributed by atoms with Gasteiger partial charge >= 0.3 is 5.97 Å². The number of aromatic nitrogens is 2. The minimum Gasteiger partial charge on any atom is -0.481 e. The number of nitrogens with one attached hydrogen (secondary N) is 2. The van der Waals surface area contributed by atoms with Crippen LogP contribution in [0.2, 0.25) is 10.0 Å². The predicted octanol–water partition coefficient (Wildman–Crippen LogP) is 6.96. The van der Waals surface area contributed by atoms with Crippen LogP contribution in [-0.4, -0.2) is 45.7 Å². The fourth-order valence-electron chi connectivity index (χ4n) is 7.13. The molecule has 9 heteroatoms. The molecular weight excluding hydrogens is 533 g/mol. The van der Waals surface area contributed by atoms with Gasteiger partial charge in [0.15, 0.2) is 0 Å². The van der Waals surface area contributed by atoms with Gasteiger partial charge < -0.3 is 20.3 Å². The highest BCUT2D eigenvalue weighted by Crippen LogP contribution is 2.63. The third-order valence-electron chi connectivity index (χ3n) is 9.53. The van der Waals surface area contributed by atoms with Gasteiger partial charge in [0, 0.05) is 50.4 Å². The van der Waals surface area contributed by atoms with Crippen LogP contribution >= 0.6 is 23.2 Å². The molecule has 2 aromatic carbocycles. The van der Waals surface area contributed by atoms with Crippen molar-refractivity contribution in [3.05, 3.63) is 57.8 Å². The number of rotatable bonds is 8. The van der Waals surface area contributed by atoms with Gasteiger partial charge in [-0.25, -0.2) is 4.98 Å². The third-order valence-corrected chi connectivity index (χ3v) is 10.3. The zero-order valence-electron chi connectivity index (χ0n) is 22.5. The van der Waals surface area contributed by atoms with Crippen molar-refractivity contribution in [2.45, 2.75) is 51.5 Å². The van der Waals surface area contributed by atoms with E-state index < -0.39 is 11.4 Å². The number of benzene rings is 2. The predicted molar refractivity (Wildman–Crippen MR) is 157 cm³/mol. The van der Waals surface area contributed by atoms with Crippen LogP contribution in [0.5, 0.6) is 0 Å². The van der Waals surface area contributed by atoms with Gasteiger partial charge in [0.1, 0.15) is 0 Å². The van der Waals surface area contributed by atoms with E-state index >= 15 is 0 Å². The molecule has 0 saturated heterocycles. The third kappa shape index (κ3) is 4.58. The molecule has 0 unspecified atom stereocenters. The highest BCUT2D eigenvalue weighted by molar-refractivity contribution is 6.39. The minimum atomic E-state index is -0.585. The standard InChI is InChI=1S/C30H35Cl2N5O2/c1-33-21-7-3-5-19(25(21)31)20-6-4-8-22(26(20)32)34-28-35-23-17-37(15-9-24(23)36(28)2)16-14-29-10-12-30(18-29,13-11-29)27(38)39/h3-8,33H,9-18H2,1-2H3,(H,34,35)(H,38,39). The van der Waals surface area contributed by atoms with Gasteiger partial charge in [0.05, 0.1) is 32.5 Å². The normalized spacial score (nSPS) is 24.1. The van der Waals surface area contributed by atoms with E-state index in [9.17, 15) is 9.90 Å². The quantitative estimate of drug-likeness (QED) is 0.273. The summed E-state index contributed by atoms with van der Waals surface area (Å²) < 4.78 is 2.14. The van der Waals surface area contributed by atoms with Crippen LogP contribution in [0.4, 0.5) is 17.3 Å². The molecule has 0 spiro atoms. The van der Waals surface area contributed by atoms with E-state index in [4.69, 9.17) is 28.2 Å². The number of anilines is 3. The molecule has 1 aromatic heterocycles. The van der Waals surface area contributed by atoms with Gasteiger partial charge in [0.2, 0.25) is 5.95 Å². The molecule has 39 heavy (non-hydrogen) atoms. The summed E-state index contributed by atoms with van der Waals surface area (Å²) in [4.78, 5) is 19.3. The number of hydrogen-bond acceptors (Lipinski definition) is 5. The molecule has 1 aliphatic heterocycles. The second-order valence-corrected chi connectivity index (χ2v) is 12.4. The zero-order chi connectivity index (χ0) is 27.4. The smallest absolute Gasteiger partial charge is 0.309 e. The number of nitrogens with zero attached hydrogens (tertiary/aromatic N) is 3. The van der Waals surface area contributed by atoms with Gasteiger partial charge in [0.25, 0.3) is 0 Å². The van der Waals surface area contributed by atoms with Gasteiger partial charge in [-0.2, -0.15) is 0 Å². The van der Waals surface area contributed by atoms with Crippen LogP contribution in [0, 0.1) is 10.8 Å². The van der Waals surface area contributed by atoms with Crippen LogP contribution in [0.1, 0.15) is 49.9 Å². The lowest BCUT2D eigenvalue weighted by atomic mass is 9.80. The van der Waals surface area contributed by atoms with Crippen molar-refractivity contribution in [2.75, 3.05) is 30.8 Å². The molecule has 0 amide bonds. The highest BCUT2D eigenvalue weighted by atomic mass is 35.5. The molecule has 3 aliphatic rings. The lowest BCUT2D eigenvalue weighted by molar-refractivity contribution is -0.148. The van der Waals surface area contributed by atoms with Crippen LogP contribution in [0.15, 0.2) is 36.4 Å². The summed E-state index contributed by atoms with van der Waals surface area (Å²) in [6, 6.07) is 11.8. The number of hydrogen-bond donors (Lipinski definition) is 3. The van der Waals surface area contributed by atoms with E-state index in [1.165, 1.54) is 5.69 Å². The first kappa shape index (κ1) is 26.5. The Morgan fingerprint density at radius 2 is 1.72 bits per heavy atom. The number of aliphatic carboxylic acids is 1. The van der Waals surface area contributed by atoms with Crippen molar-refractivity contribution in [3.8, 4) is 11.1 Å². The molecule has 3 N–H and O–H groups in total. The number of carbonyl (C=O) groups is 1. The molecule has 2 fully saturated rings. The van der Waals surface area contributed by atoms with Crippen molar-refractivity contribution >= 4 is 46.5 Å². The summed E-state index contributed by atoms with van der Waals surface area (Å²) >= 11 is 13.6. The summed E-state index contributed by atoms with van der Waals surface area (Å²) in [6.07, 6.45) is 6.68. The maximum Gasteiger partial charge on any atom is 0.309 e. The number of fused-ring (bicyclic) bond motifs is 3. The summed E-state index contributed by atoms with van der Waals surface area (Å²) in [5.41, 5.74) is 5.48. The second kappa shape index (κ2) is 10.0. The highest BCUT2D eigenvalue weighted by Gasteiger charge is 2.57. The van der Waals surface area contributed by atoms with E-state index in [1.807, 2.05) is 43.4 Å². The van der Waals surface area contributed by atoms with Crippen molar-refractivity contribution in [3.63, 3.8) is 0 Å². The molecule has 2 heterocycles. The summed E-state index contributed by atoms with van der Waals surface area (Å²) in [5, 5.41) is 17.6. The lowest BCUT2D eigenvalue weighted by Crippen LogP contribution is -2.34. The second-order valence-electron chi connectivity index (χ2n) is 11.6. The molecule has 3 aromatic rings. The van der Waals surface area contributed by atoms with Gasteiger partial charge in [-0.3, -0.25) is 9.69 Å². The Kier molecular flexibility index (Phi) is 6.81. The van der Waals surface area contributed by atoms with Crippen LogP contribution in [-0.2, 0) is 24.8 Å². The van der Waals surface area contributed by atoms with E-state index in [-0.39, 0.29) is 5.41 Å². The topological polar surface area (TPSA) is 82.4 Å². The van der Waals surface area contributed by atoms with E-state index in [0.717, 1.165) is 98.7 Å². The van der Waals surface area contributed by atoms with Crippen molar-refractivity contribution in [1.82, 2.24) is 14.5 Å². The molecule has 7 nitrogen and oxygen atoms in total. The van der Waals surface area contributed by atoms with E-state index in [2.05, 4.69) is 27.1 Å². The van der Waals surface area contributed by atoms with Gasteiger partial charge in [-0.05, 0) is 62.6 Å². The maximum absolute atomic E-state index is 11.8. The fraction of sp³-hybridized carbons (Fsp3) is 0.467. The lowest BCUT2D eigenvalue weighted by Gasteiger charge is -2.32. The Hall–Kier alpha value is -2.74. The van der Waals surface area contributed by atoms with E-state index in [0.29, 0.717) is 10.0 Å². The monoisotopic (exact) mass is 567 g/mol. The summed E-state index contributed by atoms with van der Waals surface area (Å²) in [5.74, 6) is 0.186. The maximum atomic E-state index is 11.8. The molecule has 2 saturated carbocycles. The molecule has 206 valence electrons. The number of halogens is 2. The van der Waals surface area contributed by atoms with E-state index in [1.54, 1.807) is 0 Å². The van der Waals surface area contributed by atoms with Crippen LogP contribution in [0.3, 0.4) is 0 Å². The van der Waals surface area contributed by atoms with Crippen molar-refractivity contribution in [2.24, 2.45) is 17.9 Å². The largest absolute Gasteiger partial charge is 0.481 e. The Morgan fingerprint density at radius 1 is 1.05 bits per heavy atom. The molecule has 0 atom stereocenters. The number of carboxylic acids is 1. The molecule has 0 radical (unpaired) electrons. The minimum absolute atomic E-state index is 0.215. The molecule has 6 rings (SSSR count). The van der Waals surface area contributed by atoms with Crippen LogP contribution < -0.4 is 10.6 Å². The number of imidazole rings is 1. The van der Waals surface area contributed by atoms with Gasteiger partial charge in [-0.15, -0.1) is 0 Å². The van der Waals surface area contributed by atoms with Gasteiger partial charge in [-0.1, -0.05) is 47.5 Å². The average Bonchev–Trinajstić information content (AvgIpc) is 3.60. The van der Waals surface area contributed by atoms with Crippen molar-refractivity contribution < 1.29 is 9.90 Å². The van der Waals surface area contributed by atoms with Crippen LogP contribution in [0.25, 0.3) is 11.1 Å². The fourth-order valence-corrected chi connectivity index (χ4v) is 7.73. The average molecular weight is 569 g/mol. The zero-order valence-corrected chi connectivity index (χ0v) is 24.0. The first-order valence-corrected chi connectivity index (χ1v) is 14.5. The number of carboxylic acid groups (broad SMARTS) is 1. The Morgan fingerprint density at radius 3 is 2.36 bits per heavy atom. The first-order chi connectivity index (χ1) is 18.7. The Balaban J connectivity index is 1.16. The summed E-state index contributed by atoms with van der Waals surface area (Å²) in [6.45, 7) is 2.79. The molecule has 2 aliphatic carbocycles. The SMILES string of the molecule is CNc1cccc(-c2cccc(Nc3nc4c(n3C)CCN(CCC35CCC(C(=O)O)(CC3)C5)C4)c2Cl)c1Cl. The molecular formula is C30H35Cl2N5O2. The molecule has 2 bridgehead atoms. The van der Waals surface area contributed by atoms with Crippen molar-refractivity contribution in [1.29, 1.82) is 0 Å². The summed E-state index contributed by atoms with van der Waals surface area (Å²) in [7, 11) is 3.90. The Bertz CT molecular complexity index is 1430. The first-order valence-electron chi connectivity index (χ1n) is 13.8.